The summed E-state index contributed by atoms with van der Waals surface area (Å²) in [5.41, 5.74) is 3.07. The van der Waals surface area contributed by atoms with Crippen molar-refractivity contribution in [2.24, 2.45) is 0 Å². The second-order valence-corrected chi connectivity index (χ2v) is 3.54. The molecule has 15 heavy (non-hydrogen) atoms. The largest absolute Gasteiger partial charge is 0.461 e. The third kappa shape index (κ3) is 1.32. The molecule has 1 aromatic carbocycles. The zero-order valence-electron chi connectivity index (χ0n) is 8.32. The molecule has 74 valence electrons. The summed E-state index contributed by atoms with van der Waals surface area (Å²) in [6.45, 7) is 1.94. The van der Waals surface area contributed by atoms with Gasteiger partial charge in [0.15, 0.2) is 0 Å². The molecule has 2 heterocycles. The van der Waals surface area contributed by atoms with Crippen LogP contribution in [-0.2, 0) is 0 Å². The number of H-pyrrole nitrogens is 1. The summed E-state index contributed by atoms with van der Waals surface area (Å²) in [5.74, 6) is 1.82. The standard InChI is InChI=1S/C12H10N2O/c1-8-2-5-12(15-8)9-3-4-10-11(6-9)14-7-13-10/h2-7H,1H3,(H,13,14). The van der Waals surface area contributed by atoms with E-state index in [9.17, 15) is 0 Å². The first-order chi connectivity index (χ1) is 7.33. The molecule has 0 saturated carbocycles. The van der Waals surface area contributed by atoms with E-state index in [2.05, 4.69) is 9.97 Å². The lowest BCUT2D eigenvalue weighted by Crippen LogP contribution is -1.74. The van der Waals surface area contributed by atoms with Gasteiger partial charge in [-0.05, 0) is 37.3 Å². The fourth-order valence-electron chi connectivity index (χ4n) is 1.68. The van der Waals surface area contributed by atoms with Crippen LogP contribution in [0.15, 0.2) is 41.1 Å². The van der Waals surface area contributed by atoms with Gasteiger partial charge >= 0.3 is 0 Å². The summed E-state index contributed by atoms with van der Waals surface area (Å²) in [5, 5.41) is 0. The number of aromatic nitrogens is 2. The monoisotopic (exact) mass is 198 g/mol. The highest BCUT2D eigenvalue weighted by Gasteiger charge is 2.04. The second kappa shape index (κ2) is 2.98. The van der Waals surface area contributed by atoms with Crippen LogP contribution in [0.4, 0.5) is 0 Å². The molecule has 0 radical (unpaired) electrons. The SMILES string of the molecule is Cc1ccc(-c2ccc3nc[nH]c3c2)o1. The lowest BCUT2D eigenvalue weighted by atomic mass is 10.1. The first kappa shape index (κ1) is 8.29. The topological polar surface area (TPSA) is 41.8 Å². The summed E-state index contributed by atoms with van der Waals surface area (Å²) < 4.78 is 5.56. The Bertz CT molecular complexity index is 607. The first-order valence-corrected chi connectivity index (χ1v) is 4.83. The number of fused-ring (bicyclic) bond motifs is 1. The molecule has 1 N–H and O–H groups in total. The Morgan fingerprint density at radius 3 is 2.93 bits per heavy atom. The summed E-state index contributed by atoms with van der Waals surface area (Å²) in [6.07, 6.45) is 1.70. The molecule has 3 nitrogen and oxygen atoms in total. The van der Waals surface area contributed by atoms with E-state index < -0.39 is 0 Å². The van der Waals surface area contributed by atoms with E-state index in [1.807, 2.05) is 37.3 Å². The molecule has 0 saturated heterocycles. The molecule has 0 unspecified atom stereocenters. The van der Waals surface area contributed by atoms with Crippen molar-refractivity contribution in [3.8, 4) is 11.3 Å². The molecule has 0 amide bonds. The average Bonchev–Trinajstić information content (AvgIpc) is 2.84. The lowest BCUT2D eigenvalue weighted by Gasteiger charge is -1.96. The zero-order chi connectivity index (χ0) is 10.3. The van der Waals surface area contributed by atoms with Crippen LogP contribution in [0.3, 0.4) is 0 Å². The van der Waals surface area contributed by atoms with Crippen LogP contribution >= 0.6 is 0 Å². The lowest BCUT2D eigenvalue weighted by molar-refractivity contribution is 0.548. The predicted octanol–water partition coefficient (Wildman–Crippen LogP) is 3.13. The highest BCUT2D eigenvalue weighted by molar-refractivity contribution is 5.80. The van der Waals surface area contributed by atoms with Gasteiger partial charge < -0.3 is 9.40 Å². The van der Waals surface area contributed by atoms with Gasteiger partial charge in [-0.2, -0.15) is 0 Å². The van der Waals surface area contributed by atoms with Crippen molar-refractivity contribution in [3.63, 3.8) is 0 Å². The zero-order valence-corrected chi connectivity index (χ0v) is 8.32. The van der Waals surface area contributed by atoms with E-state index >= 15 is 0 Å². The molecule has 0 fully saturated rings. The van der Waals surface area contributed by atoms with E-state index in [-0.39, 0.29) is 0 Å². The molecule has 3 rings (SSSR count). The molecule has 2 aromatic heterocycles. The molecule has 0 atom stereocenters. The number of hydrogen-bond acceptors (Lipinski definition) is 2. The number of hydrogen-bond donors (Lipinski definition) is 1. The molecule has 0 aliphatic rings. The number of nitrogens with zero attached hydrogens (tertiary/aromatic N) is 1. The van der Waals surface area contributed by atoms with Crippen LogP contribution in [0.1, 0.15) is 5.76 Å². The number of benzene rings is 1. The van der Waals surface area contributed by atoms with E-state index in [0.717, 1.165) is 28.1 Å². The fraction of sp³-hybridized carbons (Fsp3) is 0.0833. The third-order valence-corrected chi connectivity index (χ3v) is 2.45. The van der Waals surface area contributed by atoms with Gasteiger partial charge in [0.05, 0.1) is 17.4 Å². The number of nitrogens with one attached hydrogen (secondary N) is 1. The van der Waals surface area contributed by atoms with Gasteiger partial charge in [0.2, 0.25) is 0 Å². The molecule has 0 bridgehead atoms. The number of imidazole rings is 1. The highest BCUT2D eigenvalue weighted by Crippen LogP contribution is 2.24. The number of aromatic amines is 1. The van der Waals surface area contributed by atoms with Crippen LogP contribution < -0.4 is 0 Å². The maximum absolute atomic E-state index is 5.56. The molecular weight excluding hydrogens is 188 g/mol. The summed E-state index contributed by atoms with van der Waals surface area (Å²) in [6, 6.07) is 9.99. The minimum Gasteiger partial charge on any atom is -0.461 e. The molecular formula is C12H10N2O. The van der Waals surface area contributed by atoms with Crippen LogP contribution in [0, 0.1) is 6.92 Å². The summed E-state index contributed by atoms with van der Waals surface area (Å²) in [4.78, 5) is 7.26. The Morgan fingerprint density at radius 2 is 2.13 bits per heavy atom. The second-order valence-electron chi connectivity index (χ2n) is 3.54. The Morgan fingerprint density at radius 1 is 1.20 bits per heavy atom. The Hall–Kier alpha value is -2.03. The average molecular weight is 198 g/mol. The molecule has 0 aliphatic heterocycles. The van der Waals surface area contributed by atoms with Crippen molar-refractivity contribution in [2.75, 3.05) is 0 Å². The van der Waals surface area contributed by atoms with Crippen molar-refractivity contribution in [1.29, 1.82) is 0 Å². The third-order valence-electron chi connectivity index (χ3n) is 2.45. The van der Waals surface area contributed by atoms with Crippen LogP contribution in [0.2, 0.25) is 0 Å². The van der Waals surface area contributed by atoms with Crippen molar-refractivity contribution >= 4 is 11.0 Å². The normalized spacial score (nSPS) is 11.0. The van der Waals surface area contributed by atoms with Gasteiger partial charge in [-0.3, -0.25) is 0 Å². The van der Waals surface area contributed by atoms with Crippen LogP contribution in [0.5, 0.6) is 0 Å². The van der Waals surface area contributed by atoms with Crippen LogP contribution in [0.25, 0.3) is 22.4 Å². The van der Waals surface area contributed by atoms with E-state index in [4.69, 9.17) is 4.42 Å². The summed E-state index contributed by atoms with van der Waals surface area (Å²) >= 11 is 0. The van der Waals surface area contributed by atoms with Gasteiger partial charge in [0, 0.05) is 5.56 Å². The number of rotatable bonds is 1. The van der Waals surface area contributed by atoms with E-state index in [1.54, 1.807) is 6.33 Å². The smallest absolute Gasteiger partial charge is 0.134 e. The van der Waals surface area contributed by atoms with Gasteiger partial charge in [-0.15, -0.1) is 0 Å². The minimum atomic E-state index is 0.893. The van der Waals surface area contributed by atoms with Crippen LogP contribution in [-0.4, -0.2) is 9.97 Å². The predicted molar refractivity (Wildman–Crippen MR) is 58.5 cm³/mol. The minimum absolute atomic E-state index is 0.893. The molecule has 0 spiro atoms. The van der Waals surface area contributed by atoms with Gasteiger partial charge in [0.25, 0.3) is 0 Å². The first-order valence-electron chi connectivity index (χ1n) is 4.83. The quantitative estimate of drug-likeness (QED) is 0.652. The van der Waals surface area contributed by atoms with Gasteiger partial charge in [-0.1, -0.05) is 0 Å². The maximum atomic E-state index is 5.56. The Labute approximate surface area is 86.8 Å². The molecule has 3 aromatic rings. The molecule has 3 heteroatoms. The highest BCUT2D eigenvalue weighted by atomic mass is 16.3. The van der Waals surface area contributed by atoms with Crippen molar-refractivity contribution in [1.82, 2.24) is 9.97 Å². The molecule has 0 aliphatic carbocycles. The van der Waals surface area contributed by atoms with E-state index in [1.165, 1.54) is 0 Å². The van der Waals surface area contributed by atoms with E-state index in [0.29, 0.717) is 0 Å². The van der Waals surface area contributed by atoms with Gasteiger partial charge in [-0.25, -0.2) is 4.98 Å². The maximum Gasteiger partial charge on any atom is 0.134 e. The summed E-state index contributed by atoms with van der Waals surface area (Å²) in [7, 11) is 0. The fourth-order valence-corrected chi connectivity index (χ4v) is 1.68. The Kier molecular flexibility index (Phi) is 1.65. The van der Waals surface area contributed by atoms with Crippen molar-refractivity contribution in [3.05, 3.63) is 42.4 Å². The Balaban J connectivity index is 2.18. The van der Waals surface area contributed by atoms with Gasteiger partial charge in [0.1, 0.15) is 11.5 Å². The van der Waals surface area contributed by atoms with Crippen molar-refractivity contribution < 1.29 is 4.42 Å². The number of furan rings is 1. The number of aryl methyl sites for hydroxylation is 1. The van der Waals surface area contributed by atoms with Crippen molar-refractivity contribution in [2.45, 2.75) is 6.92 Å².